The van der Waals surface area contributed by atoms with E-state index in [2.05, 4.69) is 65.8 Å². The summed E-state index contributed by atoms with van der Waals surface area (Å²) in [5, 5.41) is 0. The van der Waals surface area contributed by atoms with Crippen molar-refractivity contribution in [1.29, 1.82) is 0 Å². The fraction of sp³-hybridized carbons (Fsp3) is 0.174. The monoisotopic (exact) mass is 356 g/mol. The first kappa shape index (κ1) is 17.2. The first-order valence-corrected chi connectivity index (χ1v) is 9.40. The molecule has 1 aromatic heterocycles. The van der Waals surface area contributed by atoms with Crippen LogP contribution < -0.4 is 10.6 Å². The van der Waals surface area contributed by atoms with Crippen molar-refractivity contribution in [3.63, 3.8) is 0 Å². The average Bonchev–Trinajstić information content (AvgIpc) is 3.09. The molecule has 1 heterocycles. The van der Waals surface area contributed by atoms with Crippen molar-refractivity contribution in [3.05, 3.63) is 72.8 Å². The number of nitrogens with two attached hydrogens (primary N) is 1. The number of nitrogens with zero attached hydrogens (tertiary/aromatic N) is 3. The van der Waals surface area contributed by atoms with Gasteiger partial charge < -0.3 is 10.6 Å². The summed E-state index contributed by atoms with van der Waals surface area (Å²) in [6, 6.07) is 24.8. The van der Waals surface area contributed by atoms with Gasteiger partial charge in [-0.25, -0.2) is 4.98 Å². The number of hydrogen-bond donors (Lipinski definition) is 1. The first-order valence-electron chi connectivity index (χ1n) is 9.40. The fourth-order valence-corrected chi connectivity index (χ4v) is 3.51. The summed E-state index contributed by atoms with van der Waals surface area (Å²) in [5.74, 6) is 0.923. The molecule has 2 N–H and O–H groups in total. The smallest absolute Gasteiger partial charge is 0.145 e. The van der Waals surface area contributed by atoms with Gasteiger partial charge in [0.1, 0.15) is 5.82 Å². The molecule has 0 radical (unpaired) electrons. The van der Waals surface area contributed by atoms with Gasteiger partial charge in [-0.1, -0.05) is 12.1 Å². The van der Waals surface area contributed by atoms with E-state index in [9.17, 15) is 0 Å². The van der Waals surface area contributed by atoms with Crippen LogP contribution in [0.2, 0.25) is 0 Å². The molecule has 4 heteroatoms. The SMILES string of the molecule is CCN(CC)c1ccc(-n2c(-c3ccc(N)cc3)nc3ccccc32)cc1. The number of benzene rings is 3. The molecule has 0 spiro atoms. The van der Waals surface area contributed by atoms with Crippen molar-refractivity contribution in [1.82, 2.24) is 9.55 Å². The number of aromatic nitrogens is 2. The molecule has 4 aromatic rings. The highest BCUT2D eigenvalue weighted by Gasteiger charge is 2.14. The Labute approximate surface area is 159 Å². The zero-order valence-electron chi connectivity index (χ0n) is 15.8. The van der Waals surface area contributed by atoms with E-state index in [1.165, 1.54) is 5.69 Å². The number of para-hydroxylation sites is 2. The maximum Gasteiger partial charge on any atom is 0.145 e. The Hall–Kier alpha value is -3.27. The maximum atomic E-state index is 5.87. The highest BCUT2D eigenvalue weighted by Crippen LogP contribution is 2.30. The van der Waals surface area contributed by atoms with Crippen LogP contribution in [-0.2, 0) is 0 Å². The largest absolute Gasteiger partial charge is 0.399 e. The van der Waals surface area contributed by atoms with Crippen LogP contribution >= 0.6 is 0 Å². The molecule has 0 aliphatic carbocycles. The van der Waals surface area contributed by atoms with Gasteiger partial charge in [0.05, 0.1) is 11.0 Å². The Morgan fingerprint density at radius 1 is 0.852 bits per heavy atom. The van der Waals surface area contributed by atoms with E-state index in [4.69, 9.17) is 10.7 Å². The van der Waals surface area contributed by atoms with E-state index in [0.717, 1.165) is 46.9 Å². The van der Waals surface area contributed by atoms with Gasteiger partial charge in [0, 0.05) is 35.7 Å². The third-order valence-electron chi connectivity index (χ3n) is 4.97. The summed E-state index contributed by atoms with van der Waals surface area (Å²) >= 11 is 0. The molecule has 0 saturated carbocycles. The van der Waals surface area contributed by atoms with Gasteiger partial charge >= 0.3 is 0 Å². The quantitative estimate of drug-likeness (QED) is 0.505. The molecule has 27 heavy (non-hydrogen) atoms. The minimum atomic E-state index is 0.755. The fourth-order valence-electron chi connectivity index (χ4n) is 3.51. The van der Waals surface area contributed by atoms with Crippen molar-refractivity contribution >= 4 is 22.4 Å². The summed E-state index contributed by atoms with van der Waals surface area (Å²) in [6.07, 6.45) is 0. The van der Waals surface area contributed by atoms with Gasteiger partial charge in [-0.15, -0.1) is 0 Å². The van der Waals surface area contributed by atoms with Crippen LogP contribution in [-0.4, -0.2) is 22.6 Å². The third-order valence-corrected chi connectivity index (χ3v) is 4.97. The molecular weight excluding hydrogens is 332 g/mol. The Morgan fingerprint density at radius 2 is 1.52 bits per heavy atom. The highest BCUT2D eigenvalue weighted by atomic mass is 15.1. The number of rotatable bonds is 5. The lowest BCUT2D eigenvalue weighted by Gasteiger charge is -2.21. The van der Waals surface area contributed by atoms with E-state index in [0.29, 0.717) is 0 Å². The highest BCUT2D eigenvalue weighted by molar-refractivity contribution is 5.83. The van der Waals surface area contributed by atoms with Crippen molar-refractivity contribution in [3.8, 4) is 17.1 Å². The second-order valence-electron chi connectivity index (χ2n) is 6.57. The van der Waals surface area contributed by atoms with Crippen LogP contribution in [0.4, 0.5) is 11.4 Å². The molecule has 3 aromatic carbocycles. The minimum absolute atomic E-state index is 0.755. The van der Waals surface area contributed by atoms with E-state index in [1.807, 2.05) is 30.3 Å². The average molecular weight is 356 g/mol. The lowest BCUT2D eigenvalue weighted by atomic mass is 10.2. The number of imidazole rings is 1. The topological polar surface area (TPSA) is 47.1 Å². The zero-order chi connectivity index (χ0) is 18.8. The Kier molecular flexibility index (Phi) is 4.55. The van der Waals surface area contributed by atoms with Gasteiger partial charge in [0.2, 0.25) is 0 Å². The summed E-state index contributed by atoms with van der Waals surface area (Å²) in [6.45, 7) is 6.36. The number of fused-ring (bicyclic) bond motifs is 1. The van der Waals surface area contributed by atoms with Crippen molar-refractivity contribution in [2.75, 3.05) is 23.7 Å². The van der Waals surface area contributed by atoms with Gasteiger partial charge in [-0.05, 0) is 74.5 Å². The molecule has 0 bridgehead atoms. The van der Waals surface area contributed by atoms with Crippen molar-refractivity contribution in [2.24, 2.45) is 0 Å². The first-order chi connectivity index (χ1) is 13.2. The Balaban J connectivity index is 1.87. The minimum Gasteiger partial charge on any atom is -0.399 e. The lowest BCUT2D eigenvalue weighted by molar-refractivity contribution is 0.866. The number of anilines is 2. The molecule has 0 saturated heterocycles. The van der Waals surface area contributed by atoms with Crippen LogP contribution in [0.5, 0.6) is 0 Å². The van der Waals surface area contributed by atoms with E-state index in [-0.39, 0.29) is 0 Å². The van der Waals surface area contributed by atoms with Gasteiger partial charge in [-0.3, -0.25) is 4.57 Å². The molecular formula is C23H24N4. The predicted octanol–water partition coefficient (Wildman–Crippen LogP) is 5.12. The molecule has 0 amide bonds. The van der Waals surface area contributed by atoms with Crippen LogP contribution in [0.15, 0.2) is 72.8 Å². The Bertz CT molecular complexity index is 1040. The summed E-state index contributed by atoms with van der Waals surface area (Å²) in [7, 11) is 0. The van der Waals surface area contributed by atoms with E-state index < -0.39 is 0 Å². The normalized spacial score (nSPS) is 11.0. The molecule has 0 aliphatic rings. The zero-order valence-corrected chi connectivity index (χ0v) is 15.8. The van der Waals surface area contributed by atoms with Crippen molar-refractivity contribution in [2.45, 2.75) is 13.8 Å². The molecule has 0 aliphatic heterocycles. The van der Waals surface area contributed by atoms with E-state index in [1.54, 1.807) is 0 Å². The summed E-state index contributed by atoms with van der Waals surface area (Å²) in [5.41, 5.74) is 12.1. The third kappa shape index (κ3) is 3.14. The lowest BCUT2D eigenvalue weighted by Crippen LogP contribution is -2.21. The van der Waals surface area contributed by atoms with Gasteiger partial charge in [0.25, 0.3) is 0 Å². The van der Waals surface area contributed by atoms with Crippen molar-refractivity contribution < 1.29 is 0 Å². The Morgan fingerprint density at radius 3 is 2.19 bits per heavy atom. The molecule has 0 fully saturated rings. The van der Waals surface area contributed by atoms with E-state index >= 15 is 0 Å². The van der Waals surface area contributed by atoms with Crippen LogP contribution in [0.1, 0.15) is 13.8 Å². The van der Waals surface area contributed by atoms with Gasteiger partial charge in [-0.2, -0.15) is 0 Å². The summed E-state index contributed by atoms with van der Waals surface area (Å²) < 4.78 is 2.22. The van der Waals surface area contributed by atoms with Crippen LogP contribution in [0, 0.1) is 0 Å². The molecule has 4 nitrogen and oxygen atoms in total. The second-order valence-corrected chi connectivity index (χ2v) is 6.57. The molecule has 0 atom stereocenters. The number of hydrogen-bond acceptors (Lipinski definition) is 3. The van der Waals surface area contributed by atoms with Gasteiger partial charge in [0.15, 0.2) is 0 Å². The molecule has 4 rings (SSSR count). The maximum absolute atomic E-state index is 5.87. The van der Waals surface area contributed by atoms with Crippen LogP contribution in [0.3, 0.4) is 0 Å². The predicted molar refractivity (Wildman–Crippen MR) is 114 cm³/mol. The molecule has 0 unspecified atom stereocenters. The standard InChI is InChI=1S/C23H24N4/c1-3-26(4-2)19-13-15-20(16-14-19)27-22-8-6-5-7-21(22)25-23(27)17-9-11-18(24)12-10-17/h5-16H,3-4,24H2,1-2H3. The summed E-state index contributed by atoms with van der Waals surface area (Å²) in [4.78, 5) is 7.23. The molecule has 136 valence electrons. The second kappa shape index (κ2) is 7.16. The van der Waals surface area contributed by atoms with Crippen LogP contribution in [0.25, 0.3) is 28.1 Å². The number of nitrogen functional groups attached to an aromatic ring is 1.